The van der Waals surface area contributed by atoms with E-state index < -0.39 is 5.97 Å². The highest BCUT2D eigenvalue weighted by molar-refractivity contribution is 9.10. The van der Waals surface area contributed by atoms with E-state index in [0.717, 1.165) is 10.0 Å². The van der Waals surface area contributed by atoms with E-state index >= 15 is 0 Å². The van der Waals surface area contributed by atoms with Gasteiger partial charge >= 0.3 is 5.97 Å². The van der Waals surface area contributed by atoms with Gasteiger partial charge in [-0.25, -0.2) is 4.79 Å². The summed E-state index contributed by atoms with van der Waals surface area (Å²) in [5, 5.41) is 9.00. The Labute approximate surface area is 143 Å². The number of esters is 1. The van der Waals surface area contributed by atoms with E-state index in [1.165, 1.54) is 6.08 Å². The van der Waals surface area contributed by atoms with Crippen molar-refractivity contribution in [3.05, 3.63) is 69.7 Å². The molecule has 5 heteroatoms. The molecule has 23 heavy (non-hydrogen) atoms. The number of halogens is 1. The van der Waals surface area contributed by atoms with Crippen LogP contribution in [0.5, 0.6) is 5.75 Å². The number of carbonyl (C=O) groups is 1. The van der Waals surface area contributed by atoms with Gasteiger partial charge in [0, 0.05) is 21.7 Å². The monoisotopic (exact) mass is 371 g/mol. The van der Waals surface area contributed by atoms with Crippen molar-refractivity contribution in [2.24, 2.45) is 0 Å². The lowest BCUT2D eigenvalue weighted by atomic mass is 10.1. The number of carbonyl (C=O) groups excluding carboxylic acids is 1. The fourth-order valence-corrected chi connectivity index (χ4v) is 2.32. The topological polar surface area (TPSA) is 59.3 Å². The minimum absolute atomic E-state index is 0.0581. The molecule has 0 spiro atoms. The quantitative estimate of drug-likeness (QED) is 0.586. The molecule has 0 N–H and O–H groups in total. The molecule has 0 heterocycles. The number of hydrogen-bond acceptors (Lipinski definition) is 4. The predicted octanol–water partition coefficient (Wildman–Crippen LogP) is 4.09. The van der Waals surface area contributed by atoms with E-state index in [-0.39, 0.29) is 6.61 Å². The van der Waals surface area contributed by atoms with Gasteiger partial charge in [-0.2, -0.15) is 5.26 Å². The third-order valence-electron chi connectivity index (χ3n) is 3.10. The first-order chi connectivity index (χ1) is 11.1. The minimum Gasteiger partial charge on any atom is -0.496 e. The van der Waals surface area contributed by atoms with Crippen molar-refractivity contribution in [2.45, 2.75) is 6.61 Å². The van der Waals surface area contributed by atoms with Gasteiger partial charge < -0.3 is 9.47 Å². The van der Waals surface area contributed by atoms with E-state index in [4.69, 9.17) is 14.7 Å². The maximum Gasteiger partial charge on any atom is 0.331 e. The van der Waals surface area contributed by atoms with Crippen LogP contribution in [0.2, 0.25) is 0 Å². The van der Waals surface area contributed by atoms with Crippen LogP contribution in [0.15, 0.2) is 53.0 Å². The number of rotatable bonds is 5. The highest BCUT2D eigenvalue weighted by Crippen LogP contribution is 2.24. The van der Waals surface area contributed by atoms with Crippen molar-refractivity contribution < 1.29 is 14.3 Å². The summed E-state index contributed by atoms with van der Waals surface area (Å²) < 4.78 is 11.3. The summed E-state index contributed by atoms with van der Waals surface area (Å²) in [7, 11) is 1.57. The molecule has 0 aliphatic carbocycles. The maximum atomic E-state index is 11.8. The first-order valence-corrected chi connectivity index (χ1v) is 7.59. The van der Waals surface area contributed by atoms with Gasteiger partial charge in [0.1, 0.15) is 12.4 Å². The van der Waals surface area contributed by atoms with Crippen LogP contribution < -0.4 is 4.74 Å². The smallest absolute Gasteiger partial charge is 0.331 e. The Morgan fingerprint density at radius 2 is 2.09 bits per heavy atom. The number of nitrogens with zero attached hydrogens (tertiary/aromatic N) is 1. The number of nitriles is 1. The number of methoxy groups -OCH3 is 1. The third-order valence-corrected chi connectivity index (χ3v) is 3.59. The van der Waals surface area contributed by atoms with Crippen LogP contribution in [-0.4, -0.2) is 13.1 Å². The van der Waals surface area contributed by atoms with Gasteiger partial charge in [0.05, 0.1) is 18.7 Å². The minimum atomic E-state index is -0.486. The number of hydrogen-bond donors (Lipinski definition) is 0. The number of ether oxygens (including phenoxy) is 2. The summed E-state index contributed by atoms with van der Waals surface area (Å²) in [4.78, 5) is 11.8. The molecule has 2 rings (SSSR count). The van der Waals surface area contributed by atoms with Gasteiger partial charge in [0.25, 0.3) is 0 Å². The van der Waals surface area contributed by atoms with Gasteiger partial charge in [0.2, 0.25) is 0 Å². The summed E-state index contributed by atoms with van der Waals surface area (Å²) in [6.07, 6.45) is 2.96. The molecule has 0 bridgehead atoms. The summed E-state index contributed by atoms with van der Waals surface area (Å²) in [6.45, 7) is 0.0581. The lowest BCUT2D eigenvalue weighted by Gasteiger charge is -2.06. The van der Waals surface area contributed by atoms with Crippen LogP contribution in [0.25, 0.3) is 6.08 Å². The molecule has 0 radical (unpaired) electrons. The molecular weight excluding hydrogens is 358 g/mol. The second-order valence-corrected chi connectivity index (χ2v) is 5.51. The number of benzene rings is 2. The molecule has 2 aromatic carbocycles. The van der Waals surface area contributed by atoms with Crippen LogP contribution in [0.3, 0.4) is 0 Å². The van der Waals surface area contributed by atoms with Crippen LogP contribution in [0.4, 0.5) is 0 Å². The normalized spacial score (nSPS) is 10.3. The zero-order valence-corrected chi connectivity index (χ0v) is 14.0. The Bertz CT molecular complexity index is 778. The zero-order chi connectivity index (χ0) is 16.7. The standard InChI is InChI=1S/C18H14BrNO3/c1-22-17-8-7-16(19)10-13(17)6-9-18(21)23-12-15-5-3-2-4-14(15)11-20/h2-10H,12H2,1H3/b9-6+. The molecular formula is C18H14BrNO3. The second-order valence-electron chi connectivity index (χ2n) is 4.60. The van der Waals surface area contributed by atoms with Gasteiger partial charge in [-0.3, -0.25) is 0 Å². The van der Waals surface area contributed by atoms with E-state index in [2.05, 4.69) is 22.0 Å². The Morgan fingerprint density at radius 3 is 2.83 bits per heavy atom. The van der Waals surface area contributed by atoms with E-state index in [0.29, 0.717) is 16.9 Å². The van der Waals surface area contributed by atoms with E-state index in [1.54, 1.807) is 43.5 Å². The maximum absolute atomic E-state index is 11.8. The van der Waals surface area contributed by atoms with Crippen molar-refractivity contribution in [1.82, 2.24) is 0 Å². The highest BCUT2D eigenvalue weighted by atomic mass is 79.9. The van der Waals surface area contributed by atoms with Crippen molar-refractivity contribution in [3.8, 4) is 11.8 Å². The molecule has 0 aliphatic heterocycles. The first-order valence-electron chi connectivity index (χ1n) is 6.80. The lowest BCUT2D eigenvalue weighted by molar-refractivity contribution is -0.138. The molecule has 0 saturated carbocycles. The third kappa shape index (κ3) is 4.70. The van der Waals surface area contributed by atoms with Crippen molar-refractivity contribution in [2.75, 3.05) is 7.11 Å². The first kappa shape index (κ1) is 16.8. The van der Waals surface area contributed by atoms with Gasteiger partial charge in [-0.15, -0.1) is 0 Å². The summed E-state index contributed by atoms with van der Waals surface area (Å²) in [5.41, 5.74) is 1.94. The fraction of sp³-hybridized carbons (Fsp3) is 0.111. The molecule has 116 valence electrons. The Morgan fingerprint density at radius 1 is 1.30 bits per heavy atom. The molecule has 0 unspecified atom stereocenters. The van der Waals surface area contributed by atoms with Gasteiger partial charge in [0.15, 0.2) is 0 Å². The molecule has 0 amide bonds. The molecule has 0 aliphatic rings. The van der Waals surface area contributed by atoms with Gasteiger partial charge in [-0.1, -0.05) is 34.1 Å². The fourth-order valence-electron chi connectivity index (χ4n) is 1.95. The van der Waals surface area contributed by atoms with Crippen molar-refractivity contribution >= 4 is 28.0 Å². The van der Waals surface area contributed by atoms with Crippen LogP contribution >= 0.6 is 15.9 Å². The lowest BCUT2D eigenvalue weighted by Crippen LogP contribution is -2.02. The van der Waals surface area contributed by atoms with Crippen LogP contribution in [0.1, 0.15) is 16.7 Å². The molecule has 0 aromatic heterocycles. The molecule has 0 fully saturated rings. The summed E-state index contributed by atoms with van der Waals surface area (Å²) >= 11 is 3.37. The Kier molecular flexibility index (Phi) is 5.95. The zero-order valence-electron chi connectivity index (χ0n) is 12.5. The summed E-state index contributed by atoms with van der Waals surface area (Å²) in [6, 6.07) is 14.6. The largest absolute Gasteiger partial charge is 0.496 e. The highest BCUT2D eigenvalue weighted by Gasteiger charge is 2.05. The Hall–Kier alpha value is -2.58. The SMILES string of the molecule is COc1ccc(Br)cc1/C=C/C(=O)OCc1ccccc1C#N. The average molecular weight is 372 g/mol. The molecule has 0 saturated heterocycles. The van der Waals surface area contributed by atoms with Crippen molar-refractivity contribution in [1.29, 1.82) is 5.26 Å². The molecule has 4 nitrogen and oxygen atoms in total. The second kappa shape index (κ2) is 8.16. The molecule has 0 atom stereocenters. The Balaban J connectivity index is 2.03. The van der Waals surface area contributed by atoms with Crippen LogP contribution in [0, 0.1) is 11.3 Å². The van der Waals surface area contributed by atoms with E-state index in [1.807, 2.05) is 12.1 Å². The summed E-state index contributed by atoms with van der Waals surface area (Å²) in [5.74, 6) is 0.173. The predicted molar refractivity (Wildman–Crippen MR) is 90.7 cm³/mol. The van der Waals surface area contributed by atoms with E-state index in [9.17, 15) is 4.79 Å². The van der Waals surface area contributed by atoms with Crippen LogP contribution in [-0.2, 0) is 16.1 Å². The molecule has 2 aromatic rings. The average Bonchev–Trinajstić information content (AvgIpc) is 2.58. The van der Waals surface area contributed by atoms with Gasteiger partial charge in [-0.05, 0) is 30.3 Å². The van der Waals surface area contributed by atoms with Crippen molar-refractivity contribution in [3.63, 3.8) is 0 Å².